The first-order valence-electron chi connectivity index (χ1n) is 7.98. The molecule has 2 aromatic carbocycles. The Labute approximate surface area is 136 Å². The molecule has 0 aliphatic carbocycles. The average Bonchev–Trinajstić information content (AvgIpc) is 2.59. The second-order valence-corrected chi connectivity index (χ2v) is 6.03. The van der Waals surface area contributed by atoms with Gasteiger partial charge in [0.1, 0.15) is 0 Å². The molecule has 4 heteroatoms. The van der Waals surface area contributed by atoms with Crippen molar-refractivity contribution in [3.63, 3.8) is 0 Å². The highest BCUT2D eigenvalue weighted by atomic mass is 16.7. The molecule has 0 saturated carbocycles. The van der Waals surface area contributed by atoms with Crippen LogP contribution in [0.3, 0.4) is 0 Å². The van der Waals surface area contributed by atoms with Crippen molar-refractivity contribution in [2.75, 3.05) is 0 Å². The molecule has 122 valence electrons. The van der Waals surface area contributed by atoms with Crippen molar-refractivity contribution in [1.29, 1.82) is 0 Å². The summed E-state index contributed by atoms with van der Waals surface area (Å²) in [5.74, 6) is 0. The number of ether oxygens (including phenoxy) is 2. The van der Waals surface area contributed by atoms with Gasteiger partial charge in [-0.1, -0.05) is 54.6 Å². The van der Waals surface area contributed by atoms with E-state index in [1.807, 2.05) is 25.1 Å². The van der Waals surface area contributed by atoms with Crippen LogP contribution in [0.1, 0.15) is 18.9 Å². The van der Waals surface area contributed by atoms with Gasteiger partial charge in [-0.05, 0) is 23.6 Å². The minimum absolute atomic E-state index is 0.302. The summed E-state index contributed by atoms with van der Waals surface area (Å²) in [6.45, 7) is 2.28. The first-order valence-corrected chi connectivity index (χ1v) is 7.98. The van der Waals surface area contributed by atoms with E-state index in [9.17, 15) is 5.11 Å². The summed E-state index contributed by atoms with van der Waals surface area (Å²) >= 11 is 0. The van der Waals surface area contributed by atoms with Crippen molar-refractivity contribution in [1.82, 2.24) is 0 Å². The Morgan fingerprint density at radius 3 is 2.39 bits per heavy atom. The number of nitrogens with two attached hydrogens (primary N) is 1. The fourth-order valence-corrected chi connectivity index (χ4v) is 2.81. The van der Waals surface area contributed by atoms with Gasteiger partial charge in [0.15, 0.2) is 6.29 Å². The van der Waals surface area contributed by atoms with Crippen LogP contribution in [0.2, 0.25) is 0 Å². The van der Waals surface area contributed by atoms with Crippen molar-refractivity contribution in [2.24, 2.45) is 5.73 Å². The lowest BCUT2D eigenvalue weighted by Crippen LogP contribution is -2.51. The summed E-state index contributed by atoms with van der Waals surface area (Å²) in [4.78, 5) is 0. The summed E-state index contributed by atoms with van der Waals surface area (Å²) in [6, 6.07) is 18.3. The molecule has 1 saturated heterocycles. The van der Waals surface area contributed by atoms with Gasteiger partial charge >= 0.3 is 0 Å². The molecule has 3 N–H and O–H groups in total. The molecule has 2 aromatic rings. The monoisotopic (exact) mass is 313 g/mol. The van der Waals surface area contributed by atoms with Crippen LogP contribution in [-0.4, -0.2) is 29.6 Å². The lowest BCUT2D eigenvalue weighted by atomic mass is 10.0. The van der Waals surface area contributed by atoms with Gasteiger partial charge in [0, 0.05) is 12.5 Å². The maximum Gasteiger partial charge on any atom is 0.160 e. The molecule has 23 heavy (non-hydrogen) atoms. The van der Waals surface area contributed by atoms with E-state index in [2.05, 4.69) is 36.4 Å². The van der Waals surface area contributed by atoms with Gasteiger partial charge in [-0.3, -0.25) is 0 Å². The number of rotatable bonds is 4. The predicted molar refractivity (Wildman–Crippen MR) is 89.6 cm³/mol. The van der Waals surface area contributed by atoms with Crippen LogP contribution in [-0.2, 0) is 16.1 Å². The molecule has 1 aliphatic heterocycles. The van der Waals surface area contributed by atoms with E-state index in [1.165, 1.54) is 11.1 Å². The molecule has 3 rings (SSSR count). The summed E-state index contributed by atoms with van der Waals surface area (Å²) < 4.78 is 11.4. The lowest BCUT2D eigenvalue weighted by Gasteiger charge is -2.35. The first kappa shape index (κ1) is 16.1. The second-order valence-electron chi connectivity index (χ2n) is 6.03. The van der Waals surface area contributed by atoms with E-state index < -0.39 is 6.10 Å². The number of aliphatic hydroxyl groups is 1. The molecule has 0 amide bonds. The number of hydrogen-bond donors (Lipinski definition) is 2. The Morgan fingerprint density at radius 2 is 1.74 bits per heavy atom. The lowest BCUT2D eigenvalue weighted by molar-refractivity contribution is -0.226. The van der Waals surface area contributed by atoms with E-state index in [0.717, 1.165) is 5.56 Å². The smallest absolute Gasteiger partial charge is 0.160 e. The summed E-state index contributed by atoms with van der Waals surface area (Å²) in [7, 11) is 0. The highest BCUT2D eigenvalue weighted by molar-refractivity contribution is 5.63. The van der Waals surface area contributed by atoms with Gasteiger partial charge in [-0.25, -0.2) is 0 Å². The Morgan fingerprint density at radius 1 is 1.09 bits per heavy atom. The topological polar surface area (TPSA) is 64.7 Å². The molecule has 4 atom stereocenters. The minimum Gasteiger partial charge on any atom is -0.389 e. The van der Waals surface area contributed by atoms with Crippen LogP contribution in [0, 0.1) is 0 Å². The fourth-order valence-electron chi connectivity index (χ4n) is 2.81. The van der Waals surface area contributed by atoms with E-state index in [-0.39, 0.29) is 18.4 Å². The SMILES string of the molecule is CC1OC(OCc2ccc(-c3ccccc3)cc2)CC(N)C1O. The summed E-state index contributed by atoms with van der Waals surface area (Å²) in [6.07, 6.45) is -0.783. The van der Waals surface area contributed by atoms with Crippen LogP contribution >= 0.6 is 0 Å². The second kappa shape index (κ2) is 7.23. The van der Waals surface area contributed by atoms with Gasteiger partial charge in [0.2, 0.25) is 0 Å². The highest BCUT2D eigenvalue weighted by Gasteiger charge is 2.33. The normalized spacial score (nSPS) is 27.8. The van der Waals surface area contributed by atoms with Crippen molar-refractivity contribution >= 4 is 0 Å². The Hall–Kier alpha value is -1.72. The van der Waals surface area contributed by atoms with E-state index in [4.69, 9.17) is 15.2 Å². The van der Waals surface area contributed by atoms with Crippen LogP contribution in [0.4, 0.5) is 0 Å². The first-order chi connectivity index (χ1) is 11.1. The molecule has 4 nitrogen and oxygen atoms in total. The molecule has 1 heterocycles. The van der Waals surface area contributed by atoms with Crippen LogP contribution in [0.5, 0.6) is 0 Å². The molecule has 1 fully saturated rings. The van der Waals surface area contributed by atoms with Gasteiger partial charge in [-0.2, -0.15) is 0 Å². The molecule has 0 spiro atoms. The third kappa shape index (κ3) is 3.98. The summed E-state index contributed by atoms with van der Waals surface area (Å²) in [5.41, 5.74) is 9.37. The van der Waals surface area contributed by atoms with E-state index in [1.54, 1.807) is 0 Å². The molecule has 4 unspecified atom stereocenters. The van der Waals surface area contributed by atoms with Crippen molar-refractivity contribution < 1.29 is 14.6 Å². The molecular formula is C19H23NO3. The molecule has 1 aliphatic rings. The summed E-state index contributed by atoms with van der Waals surface area (Å²) in [5, 5.41) is 9.78. The Balaban J connectivity index is 1.57. The Kier molecular flexibility index (Phi) is 5.08. The van der Waals surface area contributed by atoms with Crippen molar-refractivity contribution in [2.45, 2.75) is 44.5 Å². The Bertz CT molecular complexity index is 602. The average molecular weight is 313 g/mol. The molecule has 0 aromatic heterocycles. The minimum atomic E-state index is -0.625. The van der Waals surface area contributed by atoms with Crippen LogP contribution in [0.15, 0.2) is 54.6 Å². The van der Waals surface area contributed by atoms with Crippen molar-refractivity contribution in [3.05, 3.63) is 60.2 Å². The fraction of sp³-hybridized carbons (Fsp3) is 0.368. The molecule has 0 bridgehead atoms. The van der Waals surface area contributed by atoms with Gasteiger partial charge in [-0.15, -0.1) is 0 Å². The number of aliphatic hydroxyl groups excluding tert-OH is 1. The third-order valence-corrected chi connectivity index (χ3v) is 4.25. The van der Waals surface area contributed by atoms with Gasteiger partial charge in [0.25, 0.3) is 0 Å². The zero-order chi connectivity index (χ0) is 16.2. The van der Waals surface area contributed by atoms with E-state index >= 15 is 0 Å². The van der Waals surface area contributed by atoms with Gasteiger partial charge < -0.3 is 20.3 Å². The molecule has 0 radical (unpaired) electrons. The van der Waals surface area contributed by atoms with Gasteiger partial charge in [0.05, 0.1) is 18.8 Å². The van der Waals surface area contributed by atoms with Crippen molar-refractivity contribution in [3.8, 4) is 11.1 Å². The molecular weight excluding hydrogens is 290 g/mol. The largest absolute Gasteiger partial charge is 0.389 e. The van der Waals surface area contributed by atoms with E-state index in [0.29, 0.717) is 13.0 Å². The zero-order valence-electron chi connectivity index (χ0n) is 13.3. The highest BCUT2D eigenvalue weighted by Crippen LogP contribution is 2.22. The quantitative estimate of drug-likeness (QED) is 0.911. The standard InChI is InChI=1S/C19H23NO3/c1-13-19(21)17(20)11-18(23-13)22-12-14-7-9-16(10-8-14)15-5-3-2-4-6-15/h2-10,13,17-19,21H,11-12,20H2,1H3. The number of hydrogen-bond acceptors (Lipinski definition) is 4. The predicted octanol–water partition coefficient (Wildman–Crippen LogP) is 2.69. The van der Waals surface area contributed by atoms with Crippen LogP contribution in [0.25, 0.3) is 11.1 Å². The maximum atomic E-state index is 9.78. The third-order valence-electron chi connectivity index (χ3n) is 4.25. The number of benzene rings is 2. The van der Waals surface area contributed by atoms with Crippen LogP contribution < -0.4 is 5.73 Å². The maximum absolute atomic E-state index is 9.78. The zero-order valence-corrected chi connectivity index (χ0v) is 13.3.